The fourth-order valence-electron chi connectivity index (χ4n) is 2.38. The van der Waals surface area contributed by atoms with Crippen LogP contribution in [-0.4, -0.2) is 66.2 Å². The summed E-state index contributed by atoms with van der Waals surface area (Å²) in [5.74, 6) is 1.44. The Bertz CT molecular complexity index is 546. The molecule has 0 unspecified atom stereocenters. The number of aromatic nitrogens is 1. The van der Waals surface area contributed by atoms with Crippen molar-refractivity contribution >= 4 is 34.4 Å². The number of nitrogens with one attached hydrogen (secondary N) is 1. The first-order valence-corrected chi connectivity index (χ1v) is 8.21. The maximum Gasteiger partial charge on any atom is 0.282 e. The fraction of sp³-hybridized carbons (Fsp3) is 0.500. The minimum absolute atomic E-state index is 0.0315. The maximum atomic E-state index is 11.9. The molecule has 0 aromatic carbocycles. The van der Waals surface area contributed by atoms with E-state index in [2.05, 4.69) is 15.2 Å². The Hall–Kier alpha value is -1.80. The summed E-state index contributed by atoms with van der Waals surface area (Å²) >= 11 is 1.25. The average molecular weight is 322 g/mol. The summed E-state index contributed by atoms with van der Waals surface area (Å²) in [7, 11) is 0. The molecule has 3 heterocycles. The van der Waals surface area contributed by atoms with Crippen LogP contribution in [0, 0.1) is 0 Å². The number of pyridine rings is 1. The second-order valence-electron chi connectivity index (χ2n) is 5.09. The SMILES string of the molecule is O=C(CN1CCSC1=O)Nc1ccc(N2CCOCC2)nc1. The number of anilines is 2. The van der Waals surface area contributed by atoms with Gasteiger partial charge in [0.05, 0.1) is 25.1 Å². The fourth-order valence-corrected chi connectivity index (χ4v) is 3.21. The van der Waals surface area contributed by atoms with Gasteiger partial charge in [0.1, 0.15) is 12.4 Å². The minimum atomic E-state index is -0.197. The van der Waals surface area contributed by atoms with Gasteiger partial charge >= 0.3 is 0 Å². The van der Waals surface area contributed by atoms with Crippen LogP contribution in [0.5, 0.6) is 0 Å². The first kappa shape index (κ1) is 15.1. The molecule has 2 fully saturated rings. The standard InChI is InChI=1S/C14H18N4O3S/c19-13(10-18-5-8-22-14(18)20)16-11-1-2-12(15-9-11)17-3-6-21-7-4-17/h1-2,9H,3-8,10H2,(H,16,19). The van der Waals surface area contributed by atoms with E-state index in [1.54, 1.807) is 11.1 Å². The van der Waals surface area contributed by atoms with Crippen LogP contribution in [0.1, 0.15) is 0 Å². The van der Waals surface area contributed by atoms with Gasteiger partial charge in [-0.15, -0.1) is 0 Å². The number of nitrogens with zero attached hydrogens (tertiary/aromatic N) is 3. The Morgan fingerprint density at radius 3 is 2.77 bits per heavy atom. The molecule has 0 radical (unpaired) electrons. The molecule has 1 aromatic heterocycles. The Morgan fingerprint density at radius 2 is 2.14 bits per heavy atom. The molecule has 0 bridgehead atoms. The Morgan fingerprint density at radius 1 is 1.32 bits per heavy atom. The molecule has 0 aliphatic carbocycles. The highest BCUT2D eigenvalue weighted by atomic mass is 32.2. The van der Waals surface area contributed by atoms with Gasteiger partial charge in [-0.1, -0.05) is 11.8 Å². The van der Waals surface area contributed by atoms with Crippen molar-refractivity contribution in [3.63, 3.8) is 0 Å². The normalized spacial score (nSPS) is 18.6. The third kappa shape index (κ3) is 3.69. The van der Waals surface area contributed by atoms with Crippen LogP contribution in [0.4, 0.5) is 16.3 Å². The van der Waals surface area contributed by atoms with E-state index in [-0.39, 0.29) is 17.7 Å². The van der Waals surface area contributed by atoms with Gasteiger partial charge in [0.2, 0.25) is 5.91 Å². The van der Waals surface area contributed by atoms with Gasteiger partial charge in [0.15, 0.2) is 0 Å². The molecule has 2 saturated heterocycles. The number of hydrogen-bond donors (Lipinski definition) is 1. The number of hydrogen-bond acceptors (Lipinski definition) is 6. The molecule has 0 saturated carbocycles. The van der Waals surface area contributed by atoms with Crippen LogP contribution in [0.2, 0.25) is 0 Å². The molecule has 2 aliphatic rings. The van der Waals surface area contributed by atoms with E-state index in [0.717, 1.165) is 24.7 Å². The van der Waals surface area contributed by atoms with E-state index in [0.29, 0.717) is 25.4 Å². The maximum absolute atomic E-state index is 11.9. The average Bonchev–Trinajstić information content (AvgIpc) is 2.94. The van der Waals surface area contributed by atoms with Crippen molar-refractivity contribution in [2.24, 2.45) is 0 Å². The number of ether oxygens (including phenoxy) is 1. The molecule has 22 heavy (non-hydrogen) atoms. The molecule has 2 aliphatic heterocycles. The number of rotatable bonds is 4. The highest BCUT2D eigenvalue weighted by Gasteiger charge is 2.23. The first-order valence-electron chi connectivity index (χ1n) is 7.23. The Kier molecular flexibility index (Phi) is 4.79. The van der Waals surface area contributed by atoms with Crippen molar-refractivity contribution in [2.45, 2.75) is 0 Å². The molecule has 3 rings (SSSR count). The molecular formula is C14H18N4O3S. The van der Waals surface area contributed by atoms with Crippen LogP contribution in [-0.2, 0) is 9.53 Å². The lowest BCUT2D eigenvalue weighted by Crippen LogP contribution is -2.36. The van der Waals surface area contributed by atoms with Crippen molar-refractivity contribution in [2.75, 3.05) is 55.4 Å². The summed E-state index contributed by atoms with van der Waals surface area (Å²) < 4.78 is 5.31. The van der Waals surface area contributed by atoms with Crippen LogP contribution in [0.15, 0.2) is 18.3 Å². The first-order chi connectivity index (χ1) is 10.7. The van der Waals surface area contributed by atoms with E-state index in [1.165, 1.54) is 11.8 Å². The van der Waals surface area contributed by atoms with Gasteiger partial charge in [-0.25, -0.2) is 4.98 Å². The number of morpholine rings is 1. The van der Waals surface area contributed by atoms with Crippen molar-refractivity contribution in [3.05, 3.63) is 18.3 Å². The van der Waals surface area contributed by atoms with E-state index < -0.39 is 0 Å². The second-order valence-corrected chi connectivity index (χ2v) is 6.13. The van der Waals surface area contributed by atoms with Crippen molar-refractivity contribution in [1.29, 1.82) is 0 Å². The van der Waals surface area contributed by atoms with Gasteiger partial charge in [-0.3, -0.25) is 9.59 Å². The van der Waals surface area contributed by atoms with Crippen LogP contribution in [0.25, 0.3) is 0 Å². The zero-order chi connectivity index (χ0) is 15.4. The van der Waals surface area contributed by atoms with E-state index in [1.807, 2.05) is 12.1 Å². The van der Waals surface area contributed by atoms with E-state index in [4.69, 9.17) is 4.74 Å². The molecule has 8 heteroatoms. The topological polar surface area (TPSA) is 74.8 Å². The largest absolute Gasteiger partial charge is 0.378 e. The quantitative estimate of drug-likeness (QED) is 0.892. The number of thioether (sulfide) groups is 1. The monoisotopic (exact) mass is 322 g/mol. The van der Waals surface area contributed by atoms with Crippen LogP contribution in [0.3, 0.4) is 0 Å². The molecule has 1 aromatic rings. The van der Waals surface area contributed by atoms with Crippen molar-refractivity contribution < 1.29 is 14.3 Å². The lowest BCUT2D eigenvalue weighted by molar-refractivity contribution is -0.116. The second kappa shape index (κ2) is 6.97. The smallest absolute Gasteiger partial charge is 0.282 e. The molecule has 7 nitrogen and oxygen atoms in total. The third-order valence-corrected chi connectivity index (χ3v) is 4.44. The number of amides is 2. The number of carbonyl (C=O) groups excluding carboxylic acids is 2. The predicted octanol–water partition coefficient (Wildman–Crippen LogP) is 1.03. The van der Waals surface area contributed by atoms with E-state index >= 15 is 0 Å². The molecule has 118 valence electrons. The molecule has 2 amide bonds. The summed E-state index contributed by atoms with van der Waals surface area (Å²) in [5, 5.41) is 2.74. The van der Waals surface area contributed by atoms with Gasteiger partial charge in [0, 0.05) is 25.4 Å². The molecular weight excluding hydrogens is 304 g/mol. The minimum Gasteiger partial charge on any atom is -0.378 e. The molecule has 0 spiro atoms. The van der Waals surface area contributed by atoms with Crippen LogP contribution < -0.4 is 10.2 Å². The highest BCUT2D eigenvalue weighted by Crippen LogP contribution is 2.18. The zero-order valence-corrected chi connectivity index (χ0v) is 13.0. The lowest BCUT2D eigenvalue weighted by Gasteiger charge is -2.27. The highest BCUT2D eigenvalue weighted by molar-refractivity contribution is 8.13. The van der Waals surface area contributed by atoms with Gasteiger partial charge < -0.3 is 19.9 Å². The predicted molar refractivity (Wildman–Crippen MR) is 85.3 cm³/mol. The zero-order valence-electron chi connectivity index (χ0n) is 12.2. The van der Waals surface area contributed by atoms with Crippen LogP contribution >= 0.6 is 11.8 Å². The summed E-state index contributed by atoms with van der Waals surface area (Å²) in [4.78, 5) is 31.5. The lowest BCUT2D eigenvalue weighted by atomic mass is 10.3. The van der Waals surface area contributed by atoms with Gasteiger partial charge in [-0.2, -0.15) is 0 Å². The summed E-state index contributed by atoms with van der Waals surface area (Å²) in [6, 6.07) is 3.72. The van der Waals surface area contributed by atoms with Gasteiger partial charge in [-0.05, 0) is 12.1 Å². The molecule has 0 atom stereocenters. The summed E-state index contributed by atoms with van der Waals surface area (Å²) in [6.07, 6.45) is 1.64. The number of carbonyl (C=O) groups is 2. The Balaban J connectivity index is 1.54. The summed E-state index contributed by atoms with van der Waals surface area (Å²) in [6.45, 7) is 3.80. The summed E-state index contributed by atoms with van der Waals surface area (Å²) in [5.41, 5.74) is 0.640. The van der Waals surface area contributed by atoms with Gasteiger partial charge in [0.25, 0.3) is 5.24 Å². The van der Waals surface area contributed by atoms with E-state index in [9.17, 15) is 9.59 Å². The van der Waals surface area contributed by atoms with Crippen molar-refractivity contribution in [3.8, 4) is 0 Å². The molecule has 1 N–H and O–H groups in total. The van der Waals surface area contributed by atoms with Crippen molar-refractivity contribution in [1.82, 2.24) is 9.88 Å². The Labute approximate surface area is 133 Å². The third-order valence-electron chi connectivity index (χ3n) is 3.55.